The Morgan fingerprint density at radius 2 is 2.08 bits per heavy atom. The SMILES string of the molecule is CC1CCN(c2ccc(C(=O)N(C)C(C)CN)cc2[N+](=O)[O-])CC1. The number of anilines is 1. The minimum Gasteiger partial charge on any atom is -0.366 e. The molecular formula is C17H26N4O3. The number of nitrogens with two attached hydrogens (primary N) is 1. The summed E-state index contributed by atoms with van der Waals surface area (Å²) in [5.74, 6) is 0.391. The number of nitro benzene ring substituents is 1. The zero-order valence-electron chi connectivity index (χ0n) is 14.6. The summed E-state index contributed by atoms with van der Waals surface area (Å²) in [4.78, 5) is 27.1. The average Bonchev–Trinajstić information content (AvgIpc) is 2.59. The number of nitro groups is 1. The molecule has 1 fully saturated rings. The van der Waals surface area contributed by atoms with Gasteiger partial charge in [-0.15, -0.1) is 0 Å². The highest BCUT2D eigenvalue weighted by molar-refractivity contribution is 5.95. The summed E-state index contributed by atoms with van der Waals surface area (Å²) in [5, 5.41) is 11.5. The van der Waals surface area contributed by atoms with Crippen LogP contribution < -0.4 is 10.6 Å². The lowest BCUT2D eigenvalue weighted by Gasteiger charge is -2.32. The quantitative estimate of drug-likeness (QED) is 0.658. The average molecular weight is 334 g/mol. The summed E-state index contributed by atoms with van der Waals surface area (Å²) in [6.45, 7) is 5.99. The first-order valence-electron chi connectivity index (χ1n) is 8.35. The van der Waals surface area contributed by atoms with Crippen LogP contribution in [-0.4, -0.2) is 48.5 Å². The van der Waals surface area contributed by atoms with Crippen molar-refractivity contribution in [1.82, 2.24) is 4.90 Å². The van der Waals surface area contributed by atoms with Crippen molar-refractivity contribution in [3.05, 3.63) is 33.9 Å². The van der Waals surface area contributed by atoms with Crippen molar-refractivity contribution >= 4 is 17.3 Å². The van der Waals surface area contributed by atoms with Gasteiger partial charge in [0.15, 0.2) is 0 Å². The maximum Gasteiger partial charge on any atom is 0.293 e. The molecule has 0 radical (unpaired) electrons. The normalized spacial score (nSPS) is 16.8. The van der Waals surface area contributed by atoms with E-state index in [9.17, 15) is 14.9 Å². The van der Waals surface area contributed by atoms with E-state index >= 15 is 0 Å². The molecule has 1 aliphatic heterocycles. The lowest BCUT2D eigenvalue weighted by Crippen LogP contribution is -2.39. The predicted molar refractivity (Wildman–Crippen MR) is 94.3 cm³/mol. The van der Waals surface area contributed by atoms with Crippen LogP contribution in [0.1, 0.15) is 37.0 Å². The van der Waals surface area contributed by atoms with E-state index in [0.717, 1.165) is 25.9 Å². The second-order valence-electron chi connectivity index (χ2n) is 6.63. The summed E-state index contributed by atoms with van der Waals surface area (Å²) in [5.41, 5.74) is 6.49. The first kappa shape index (κ1) is 18.2. The van der Waals surface area contributed by atoms with Crippen molar-refractivity contribution in [2.24, 2.45) is 11.7 Å². The minimum atomic E-state index is -0.406. The number of rotatable bonds is 5. The lowest BCUT2D eigenvalue weighted by molar-refractivity contribution is -0.384. The molecule has 1 atom stereocenters. The van der Waals surface area contributed by atoms with Crippen molar-refractivity contribution in [3.8, 4) is 0 Å². The van der Waals surface area contributed by atoms with Crippen molar-refractivity contribution in [3.63, 3.8) is 0 Å². The molecule has 132 valence electrons. The highest BCUT2D eigenvalue weighted by Gasteiger charge is 2.26. The summed E-state index contributed by atoms with van der Waals surface area (Å²) < 4.78 is 0. The van der Waals surface area contributed by atoms with Crippen LogP contribution in [0.15, 0.2) is 18.2 Å². The predicted octanol–water partition coefficient (Wildman–Crippen LogP) is 2.25. The van der Waals surface area contributed by atoms with E-state index in [4.69, 9.17) is 5.73 Å². The molecule has 0 aliphatic carbocycles. The maximum atomic E-state index is 12.5. The number of hydrogen-bond donors (Lipinski definition) is 1. The lowest BCUT2D eigenvalue weighted by atomic mass is 9.98. The Balaban J connectivity index is 2.30. The number of nitrogens with zero attached hydrogens (tertiary/aromatic N) is 3. The fourth-order valence-electron chi connectivity index (χ4n) is 2.88. The third-order valence-electron chi connectivity index (χ3n) is 4.87. The molecule has 7 nitrogen and oxygen atoms in total. The van der Waals surface area contributed by atoms with Gasteiger partial charge in [-0.25, -0.2) is 0 Å². The molecule has 1 aliphatic rings. The second kappa shape index (κ2) is 7.61. The van der Waals surface area contributed by atoms with Crippen molar-refractivity contribution in [2.45, 2.75) is 32.7 Å². The molecule has 1 saturated heterocycles. The van der Waals surface area contributed by atoms with Gasteiger partial charge in [0.25, 0.3) is 11.6 Å². The molecule has 2 N–H and O–H groups in total. The Bertz CT molecular complexity index is 612. The van der Waals surface area contributed by atoms with Crippen LogP contribution in [0.2, 0.25) is 0 Å². The van der Waals surface area contributed by atoms with Gasteiger partial charge in [0.1, 0.15) is 5.69 Å². The fourth-order valence-corrected chi connectivity index (χ4v) is 2.88. The minimum absolute atomic E-state index is 0.01000. The molecule has 0 bridgehead atoms. The van der Waals surface area contributed by atoms with E-state index < -0.39 is 4.92 Å². The Hall–Kier alpha value is -2.15. The van der Waals surface area contributed by atoms with Crippen molar-refractivity contribution in [1.29, 1.82) is 0 Å². The van der Waals surface area contributed by atoms with E-state index in [1.54, 1.807) is 19.2 Å². The molecule has 2 rings (SSSR count). The zero-order valence-corrected chi connectivity index (χ0v) is 14.6. The van der Waals surface area contributed by atoms with Crippen LogP contribution in [0.5, 0.6) is 0 Å². The van der Waals surface area contributed by atoms with Gasteiger partial charge < -0.3 is 15.5 Å². The molecule has 1 heterocycles. The van der Waals surface area contributed by atoms with Crippen LogP contribution in [-0.2, 0) is 0 Å². The van der Waals surface area contributed by atoms with E-state index in [-0.39, 0.29) is 17.6 Å². The Morgan fingerprint density at radius 1 is 1.46 bits per heavy atom. The number of carbonyl (C=O) groups excluding carboxylic acids is 1. The number of piperidine rings is 1. The third-order valence-corrected chi connectivity index (χ3v) is 4.87. The third kappa shape index (κ3) is 3.84. The maximum absolute atomic E-state index is 12.5. The standard InChI is InChI=1S/C17H26N4O3/c1-12-6-8-20(9-7-12)15-5-4-14(10-16(15)21(23)24)17(22)19(3)13(2)11-18/h4-5,10,12-13H,6-9,11,18H2,1-3H3. The van der Waals surface area contributed by atoms with Crippen LogP contribution in [0, 0.1) is 16.0 Å². The molecule has 0 saturated carbocycles. The molecule has 1 aromatic rings. The van der Waals surface area contributed by atoms with Gasteiger partial charge in [-0.2, -0.15) is 0 Å². The van der Waals surface area contributed by atoms with Crippen molar-refractivity contribution < 1.29 is 9.72 Å². The number of amides is 1. The highest BCUT2D eigenvalue weighted by atomic mass is 16.6. The number of carbonyl (C=O) groups is 1. The monoisotopic (exact) mass is 334 g/mol. The summed E-state index contributed by atoms with van der Waals surface area (Å²) in [7, 11) is 1.66. The zero-order chi connectivity index (χ0) is 17.9. The highest BCUT2D eigenvalue weighted by Crippen LogP contribution is 2.32. The second-order valence-corrected chi connectivity index (χ2v) is 6.63. The summed E-state index contributed by atoms with van der Waals surface area (Å²) >= 11 is 0. The van der Waals surface area contributed by atoms with Gasteiger partial charge in [-0.05, 0) is 37.8 Å². The molecule has 0 aromatic heterocycles. The smallest absolute Gasteiger partial charge is 0.293 e. The van der Waals surface area contributed by atoms with Crippen LogP contribution >= 0.6 is 0 Å². The van der Waals surface area contributed by atoms with Gasteiger partial charge in [-0.3, -0.25) is 14.9 Å². The van der Waals surface area contributed by atoms with E-state index in [2.05, 4.69) is 6.92 Å². The van der Waals surface area contributed by atoms with E-state index in [1.165, 1.54) is 11.0 Å². The van der Waals surface area contributed by atoms with Gasteiger partial charge in [-0.1, -0.05) is 6.92 Å². The topological polar surface area (TPSA) is 92.7 Å². The molecule has 1 aromatic carbocycles. The Kier molecular flexibility index (Phi) is 5.77. The first-order chi connectivity index (χ1) is 11.3. The fraction of sp³-hybridized carbons (Fsp3) is 0.588. The first-order valence-corrected chi connectivity index (χ1v) is 8.35. The Morgan fingerprint density at radius 3 is 2.62 bits per heavy atom. The van der Waals surface area contributed by atoms with Gasteiger partial charge >= 0.3 is 0 Å². The van der Waals surface area contributed by atoms with E-state index in [1.807, 2.05) is 11.8 Å². The number of benzene rings is 1. The molecule has 1 unspecified atom stereocenters. The Labute approximate surface area is 142 Å². The number of likely N-dealkylation sites (N-methyl/N-ethyl adjacent to an activating group) is 1. The summed E-state index contributed by atoms with van der Waals surface area (Å²) in [6.07, 6.45) is 2.04. The van der Waals surface area contributed by atoms with Crippen LogP contribution in [0.4, 0.5) is 11.4 Å². The number of hydrogen-bond acceptors (Lipinski definition) is 5. The molecule has 0 spiro atoms. The largest absolute Gasteiger partial charge is 0.366 e. The molecule has 24 heavy (non-hydrogen) atoms. The van der Waals surface area contributed by atoms with E-state index in [0.29, 0.717) is 23.7 Å². The van der Waals surface area contributed by atoms with Crippen molar-refractivity contribution in [2.75, 3.05) is 31.6 Å². The van der Waals surface area contributed by atoms with Gasteiger partial charge in [0.2, 0.25) is 0 Å². The van der Waals surface area contributed by atoms with Crippen LogP contribution in [0.25, 0.3) is 0 Å². The summed E-state index contributed by atoms with van der Waals surface area (Å²) in [6, 6.07) is 4.63. The molecule has 7 heteroatoms. The van der Waals surface area contributed by atoms with Crippen LogP contribution in [0.3, 0.4) is 0 Å². The molecule has 1 amide bonds. The molecular weight excluding hydrogens is 308 g/mol. The van der Waals surface area contributed by atoms with Gasteiger partial charge in [0, 0.05) is 44.4 Å². The van der Waals surface area contributed by atoms with Gasteiger partial charge in [0.05, 0.1) is 4.92 Å².